The fourth-order valence-corrected chi connectivity index (χ4v) is 3.54. The highest BCUT2D eigenvalue weighted by atomic mass is 35.5. The number of aromatic nitrogens is 4. The third-order valence-corrected chi connectivity index (χ3v) is 5.10. The first-order valence-electron chi connectivity index (χ1n) is 8.04. The Morgan fingerprint density at radius 2 is 1.88 bits per heavy atom. The van der Waals surface area contributed by atoms with Gasteiger partial charge in [-0.3, -0.25) is 4.79 Å². The molecule has 1 unspecified atom stereocenters. The van der Waals surface area contributed by atoms with Crippen molar-refractivity contribution in [3.63, 3.8) is 0 Å². The molecule has 1 heterocycles. The molecule has 0 spiro atoms. The number of anilines is 1. The minimum atomic E-state index is -0.386. The van der Waals surface area contributed by atoms with Gasteiger partial charge in [0.25, 0.3) is 0 Å². The summed E-state index contributed by atoms with van der Waals surface area (Å²) in [6.45, 7) is 5.83. The van der Waals surface area contributed by atoms with E-state index in [9.17, 15) is 4.79 Å². The Kier molecular flexibility index (Phi) is 5.58. The van der Waals surface area contributed by atoms with Crippen molar-refractivity contribution >= 4 is 35.0 Å². The molecule has 1 N–H and O–H groups in total. The summed E-state index contributed by atoms with van der Waals surface area (Å²) in [5.41, 5.74) is 3.72. The number of nitrogens with one attached hydrogen (secondary N) is 1. The molecule has 0 bridgehead atoms. The lowest BCUT2D eigenvalue weighted by Gasteiger charge is -2.14. The van der Waals surface area contributed by atoms with Gasteiger partial charge in [-0.25, -0.2) is 0 Å². The number of rotatable bonds is 5. The molecule has 3 rings (SSSR count). The van der Waals surface area contributed by atoms with E-state index in [0.29, 0.717) is 15.9 Å². The lowest BCUT2D eigenvalue weighted by molar-refractivity contribution is -0.115. The number of aryl methyl sites for hydroxylation is 2. The predicted octanol–water partition coefficient (Wildman–Crippen LogP) is 4.05. The number of carbonyl (C=O) groups is 1. The minimum absolute atomic E-state index is 0.145. The Morgan fingerprint density at radius 3 is 2.58 bits per heavy atom. The highest BCUT2D eigenvalue weighted by Crippen LogP contribution is 2.27. The monoisotopic (exact) mass is 387 g/mol. The van der Waals surface area contributed by atoms with Crippen LogP contribution < -0.4 is 5.32 Å². The maximum atomic E-state index is 12.5. The molecular weight excluding hydrogens is 370 g/mol. The summed E-state index contributed by atoms with van der Waals surface area (Å²) >= 11 is 7.26. The fraction of sp³-hybridized carbons (Fsp3) is 0.222. The van der Waals surface area contributed by atoms with Gasteiger partial charge >= 0.3 is 0 Å². The first-order chi connectivity index (χ1) is 12.5. The van der Waals surface area contributed by atoms with Crippen LogP contribution >= 0.6 is 23.4 Å². The van der Waals surface area contributed by atoms with Crippen LogP contribution in [0.25, 0.3) is 5.69 Å². The van der Waals surface area contributed by atoms with Gasteiger partial charge in [-0.2, -0.15) is 4.68 Å². The highest BCUT2D eigenvalue weighted by molar-refractivity contribution is 8.00. The number of para-hydroxylation sites is 1. The largest absolute Gasteiger partial charge is 0.325 e. The van der Waals surface area contributed by atoms with Gasteiger partial charge in [0.1, 0.15) is 0 Å². The quantitative estimate of drug-likeness (QED) is 0.668. The van der Waals surface area contributed by atoms with Gasteiger partial charge in [-0.15, -0.1) is 5.10 Å². The zero-order chi connectivity index (χ0) is 18.7. The standard InChI is InChI=1S/C18H18ClN5OS/c1-11-6-4-7-12(2)16(11)24-18(21-22-23-24)26-13(3)17(25)20-15-9-5-8-14(19)10-15/h4-10,13H,1-3H3,(H,20,25). The maximum Gasteiger partial charge on any atom is 0.237 e. The van der Waals surface area contributed by atoms with Crippen LogP contribution in [0.4, 0.5) is 5.69 Å². The highest BCUT2D eigenvalue weighted by Gasteiger charge is 2.20. The molecule has 0 saturated carbocycles. The van der Waals surface area contributed by atoms with Crippen LogP contribution in [0.15, 0.2) is 47.6 Å². The Labute approximate surface area is 160 Å². The summed E-state index contributed by atoms with van der Waals surface area (Å²) in [6, 6.07) is 13.1. The number of nitrogens with zero attached hydrogens (tertiary/aromatic N) is 4. The molecule has 0 aliphatic heterocycles. The van der Waals surface area contributed by atoms with E-state index < -0.39 is 0 Å². The average Bonchev–Trinajstić information content (AvgIpc) is 3.02. The van der Waals surface area contributed by atoms with Crippen LogP contribution in [0.2, 0.25) is 5.02 Å². The Hall–Kier alpha value is -2.38. The van der Waals surface area contributed by atoms with E-state index >= 15 is 0 Å². The van der Waals surface area contributed by atoms with Gasteiger partial charge in [0.2, 0.25) is 11.1 Å². The summed E-state index contributed by atoms with van der Waals surface area (Å²) in [6.07, 6.45) is 0. The molecule has 1 amide bonds. The van der Waals surface area contributed by atoms with E-state index in [2.05, 4.69) is 20.8 Å². The number of halogens is 1. The smallest absolute Gasteiger partial charge is 0.237 e. The van der Waals surface area contributed by atoms with Crippen molar-refractivity contribution in [3.8, 4) is 5.69 Å². The number of hydrogen-bond acceptors (Lipinski definition) is 5. The Balaban J connectivity index is 1.77. The van der Waals surface area contributed by atoms with Crippen LogP contribution in [-0.2, 0) is 4.79 Å². The number of hydrogen-bond donors (Lipinski definition) is 1. The summed E-state index contributed by atoms with van der Waals surface area (Å²) in [5, 5.41) is 15.6. The summed E-state index contributed by atoms with van der Waals surface area (Å²) in [7, 11) is 0. The van der Waals surface area contributed by atoms with E-state index in [0.717, 1.165) is 16.8 Å². The third-order valence-electron chi connectivity index (χ3n) is 3.84. The molecule has 6 nitrogen and oxygen atoms in total. The molecule has 0 aliphatic rings. The van der Waals surface area contributed by atoms with Crippen LogP contribution in [-0.4, -0.2) is 31.4 Å². The zero-order valence-corrected chi connectivity index (χ0v) is 16.2. The molecule has 0 radical (unpaired) electrons. The maximum absolute atomic E-state index is 12.5. The lowest BCUT2D eigenvalue weighted by Crippen LogP contribution is -2.23. The Bertz CT molecular complexity index is 923. The van der Waals surface area contributed by atoms with Gasteiger partial charge in [-0.05, 0) is 60.5 Å². The molecule has 0 saturated heterocycles. The van der Waals surface area contributed by atoms with Crippen LogP contribution in [0.5, 0.6) is 0 Å². The number of carbonyl (C=O) groups excluding carboxylic acids is 1. The van der Waals surface area contributed by atoms with Crippen molar-refractivity contribution in [2.24, 2.45) is 0 Å². The van der Waals surface area contributed by atoms with Gasteiger partial charge in [0.05, 0.1) is 10.9 Å². The van der Waals surface area contributed by atoms with Crippen molar-refractivity contribution in [1.82, 2.24) is 20.2 Å². The van der Waals surface area contributed by atoms with E-state index in [1.54, 1.807) is 28.9 Å². The lowest BCUT2D eigenvalue weighted by atomic mass is 10.1. The molecule has 0 aliphatic carbocycles. The molecule has 26 heavy (non-hydrogen) atoms. The number of benzene rings is 2. The van der Waals surface area contributed by atoms with Crippen molar-refractivity contribution < 1.29 is 4.79 Å². The van der Waals surface area contributed by atoms with Crippen molar-refractivity contribution in [2.45, 2.75) is 31.2 Å². The average molecular weight is 388 g/mol. The summed E-state index contributed by atoms with van der Waals surface area (Å²) in [5.74, 6) is -0.145. The normalized spacial score (nSPS) is 12.0. The minimum Gasteiger partial charge on any atom is -0.325 e. The Morgan fingerprint density at radius 1 is 1.19 bits per heavy atom. The second-order valence-electron chi connectivity index (χ2n) is 5.87. The molecule has 2 aromatic carbocycles. The van der Waals surface area contributed by atoms with Crippen molar-refractivity contribution in [2.75, 3.05) is 5.32 Å². The van der Waals surface area contributed by atoms with Gasteiger partial charge in [-0.1, -0.05) is 47.6 Å². The van der Waals surface area contributed by atoms with Gasteiger partial charge in [0, 0.05) is 10.7 Å². The van der Waals surface area contributed by atoms with Crippen molar-refractivity contribution in [1.29, 1.82) is 0 Å². The number of thioether (sulfide) groups is 1. The molecule has 1 aromatic heterocycles. The van der Waals surface area contributed by atoms with E-state index in [-0.39, 0.29) is 11.2 Å². The molecule has 134 valence electrons. The van der Waals surface area contributed by atoms with E-state index in [4.69, 9.17) is 11.6 Å². The number of tetrazole rings is 1. The first-order valence-corrected chi connectivity index (χ1v) is 9.29. The SMILES string of the molecule is Cc1cccc(C)c1-n1nnnc1SC(C)C(=O)Nc1cccc(Cl)c1. The van der Waals surface area contributed by atoms with Gasteiger partial charge in [0.15, 0.2) is 0 Å². The van der Waals surface area contributed by atoms with Crippen LogP contribution in [0.1, 0.15) is 18.1 Å². The fourth-order valence-electron chi connectivity index (χ4n) is 2.55. The van der Waals surface area contributed by atoms with E-state index in [1.165, 1.54) is 11.8 Å². The van der Waals surface area contributed by atoms with Crippen LogP contribution in [0, 0.1) is 13.8 Å². The topological polar surface area (TPSA) is 72.7 Å². The van der Waals surface area contributed by atoms with E-state index in [1.807, 2.05) is 39.0 Å². The van der Waals surface area contributed by atoms with Gasteiger partial charge < -0.3 is 5.32 Å². The second-order valence-corrected chi connectivity index (χ2v) is 7.62. The molecule has 1 atom stereocenters. The molecule has 0 fully saturated rings. The first kappa shape index (κ1) is 18.4. The molecule has 8 heteroatoms. The molecular formula is C18H18ClN5OS. The van der Waals surface area contributed by atoms with Crippen molar-refractivity contribution in [3.05, 3.63) is 58.6 Å². The zero-order valence-electron chi connectivity index (χ0n) is 14.6. The molecule has 3 aromatic rings. The second kappa shape index (κ2) is 7.88. The number of amides is 1. The summed E-state index contributed by atoms with van der Waals surface area (Å²) < 4.78 is 1.68. The third kappa shape index (κ3) is 4.05. The van der Waals surface area contributed by atoms with Crippen LogP contribution in [0.3, 0.4) is 0 Å². The summed E-state index contributed by atoms with van der Waals surface area (Å²) in [4.78, 5) is 12.5. The predicted molar refractivity (Wildman–Crippen MR) is 104 cm³/mol.